The van der Waals surface area contributed by atoms with Gasteiger partial charge in [0.05, 0.1) is 0 Å². The molecule has 10 heteroatoms. The molecule has 0 spiro atoms. The Balaban J connectivity index is 1.38. The third-order valence-electron chi connectivity index (χ3n) is 5.85. The first-order valence-corrected chi connectivity index (χ1v) is 11.8. The van der Waals surface area contributed by atoms with Gasteiger partial charge in [-0.05, 0) is 56.5 Å². The van der Waals surface area contributed by atoms with Gasteiger partial charge in [0.25, 0.3) is 0 Å². The van der Waals surface area contributed by atoms with Crippen LogP contribution < -0.4 is 20.5 Å². The van der Waals surface area contributed by atoms with E-state index in [0.717, 1.165) is 58.3 Å². The van der Waals surface area contributed by atoms with E-state index in [2.05, 4.69) is 19.9 Å². The Bertz CT molecular complexity index is 1330. The van der Waals surface area contributed by atoms with Crippen molar-refractivity contribution < 1.29 is 13.9 Å². The molecule has 1 saturated carbocycles. The van der Waals surface area contributed by atoms with Gasteiger partial charge >= 0.3 is 0 Å². The first-order valence-electron chi connectivity index (χ1n) is 11.0. The van der Waals surface area contributed by atoms with Crippen LogP contribution in [0.5, 0.6) is 11.5 Å². The predicted molar refractivity (Wildman–Crippen MR) is 124 cm³/mol. The van der Waals surface area contributed by atoms with Gasteiger partial charge in [0.1, 0.15) is 17.8 Å². The lowest BCUT2D eigenvalue weighted by Crippen LogP contribution is -2.22. The van der Waals surface area contributed by atoms with Gasteiger partial charge in [-0.2, -0.15) is 0 Å². The molecule has 0 unspecified atom stereocenters. The number of nitrogens with one attached hydrogen (secondary N) is 1. The molecule has 1 aromatic carbocycles. The number of fused-ring (bicyclic) bond motifs is 2. The Morgan fingerprint density at radius 3 is 2.82 bits per heavy atom. The van der Waals surface area contributed by atoms with E-state index >= 15 is 0 Å². The highest BCUT2D eigenvalue weighted by molar-refractivity contribution is 7.99. The Hall–Kier alpha value is -3.24. The minimum atomic E-state index is 0.206. The number of aromatic nitrogens is 4. The minimum absolute atomic E-state index is 0.206. The second-order valence-corrected chi connectivity index (χ2v) is 9.35. The molecule has 1 aliphatic carbocycles. The summed E-state index contributed by atoms with van der Waals surface area (Å²) in [5.41, 5.74) is 8.39. The Morgan fingerprint density at radius 1 is 1.18 bits per heavy atom. The maximum Gasteiger partial charge on any atom is 0.231 e. The van der Waals surface area contributed by atoms with Crippen LogP contribution in [0.4, 0.5) is 5.82 Å². The van der Waals surface area contributed by atoms with Crippen LogP contribution in [0.25, 0.3) is 22.5 Å². The number of imidazole rings is 1. The number of hydrogen-bond donors (Lipinski definition) is 2. The monoisotopic (exact) mass is 464 g/mol. The molecule has 0 saturated heterocycles. The highest BCUT2D eigenvalue weighted by atomic mass is 32.2. The molecule has 33 heavy (non-hydrogen) atoms. The SMILES string of the molecule is Cc1ccc(-c2cc3c(cc2Sc2nc4c(N)ncnc4n2CCNCC2CC2)OCO3)o1. The largest absolute Gasteiger partial charge is 0.461 e. The molecule has 0 radical (unpaired) electrons. The number of nitrogen functional groups attached to an aromatic ring is 1. The van der Waals surface area contributed by atoms with Gasteiger partial charge in [-0.3, -0.25) is 0 Å². The maximum absolute atomic E-state index is 6.13. The first-order chi connectivity index (χ1) is 16.2. The van der Waals surface area contributed by atoms with E-state index in [1.807, 2.05) is 31.2 Å². The van der Waals surface area contributed by atoms with Crippen molar-refractivity contribution in [1.29, 1.82) is 0 Å². The third kappa shape index (κ3) is 4.00. The zero-order valence-electron chi connectivity index (χ0n) is 18.2. The van der Waals surface area contributed by atoms with E-state index in [1.165, 1.54) is 30.9 Å². The standard InChI is InChI=1S/C23H24N6O3S/c1-13-2-5-16(32-13)15-8-17-18(31-12-30-17)9-19(15)33-23-28-20-21(24)26-11-27-22(20)29(23)7-6-25-10-14-3-4-14/h2,5,8-9,11,14,25H,3-4,6-7,10,12H2,1H3,(H2,24,26,27). The quantitative estimate of drug-likeness (QED) is 0.375. The summed E-state index contributed by atoms with van der Waals surface area (Å²) in [7, 11) is 0. The van der Waals surface area contributed by atoms with Crippen LogP contribution in [-0.2, 0) is 6.54 Å². The van der Waals surface area contributed by atoms with Gasteiger partial charge in [-0.15, -0.1) is 0 Å². The lowest BCUT2D eigenvalue weighted by molar-refractivity contribution is 0.174. The lowest BCUT2D eigenvalue weighted by Gasteiger charge is -2.12. The molecule has 6 rings (SSSR count). The number of aryl methyl sites for hydroxylation is 1. The van der Waals surface area contributed by atoms with Crippen LogP contribution in [0.1, 0.15) is 18.6 Å². The van der Waals surface area contributed by atoms with Crippen LogP contribution in [0.15, 0.2) is 45.1 Å². The number of ether oxygens (including phenoxy) is 2. The van der Waals surface area contributed by atoms with Gasteiger partial charge in [-0.1, -0.05) is 11.8 Å². The summed E-state index contributed by atoms with van der Waals surface area (Å²) in [5.74, 6) is 4.22. The van der Waals surface area contributed by atoms with E-state index in [0.29, 0.717) is 22.8 Å². The maximum atomic E-state index is 6.13. The lowest BCUT2D eigenvalue weighted by atomic mass is 10.1. The summed E-state index contributed by atoms with van der Waals surface area (Å²) < 4.78 is 19.3. The van der Waals surface area contributed by atoms with Crippen LogP contribution in [0.3, 0.4) is 0 Å². The average molecular weight is 465 g/mol. The first kappa shape index (κ1) is 20.4. The summed E-state index contributed by atoms with van der Waals surface area (Å²) in [6.07, 6.45) is 4.13. The summed E-state index contributed by atoms with van der Waals surface area (Å²) in [5, 5.41) is 4.33. The van der Waals surface area contributed by atoms with Crippen molar-refractivity contribution in [2.75, 3.05) is 25.6 Å². The summed E-state index contributed by atoms with van der Waals surface area (Å²) >= 11 is 1.53. The molecule has 4 heterocycles. The molecule has 3 aromatic heterocycles. The van der Waals surface area contributed by atoms with Crippen molar-refractivity contribution in [3.05, 3.63) is 36.4 Å². The zero-order chi connectivity index (χ0) is 22.4. The van der Waals surface area contributed by atoms with Crippen LogP contribution in [-0.4, -0.2) is 39.4 Å². The summed E-state index contributed by atoms with van der Waals surface area (Å²) in [4.78, 5) is 14.4. The molecule has 4 aromatic rings. The fourth-order valence-corrected chi connectivity index (χ4v) is 4.97. The normalized spacial score (nSPS) is 14.9. The van der Waals surface area contributed by atoms with Crippen molar-refractivity contribution in [3.8, 4) is 22.8 Å². The number of nitrogens with zero attached hydrogens (tertiary/aromatic N) is 4. The molecule has 1 aliphatic heterocycles. The molecule has 170 valence electrons. The zero-order valence-corrected chi connectivity index (χ0v) is 19.0. The van der Waals surface area contributed by atoms with Gasteiger partial charge in [-0.25, -0.2) is 15.0 Å². The van der Waals surface area contributed by atoms with E-state index in [1.54, 1.807) is 0 Å². The van der Waals surface area contributed by atoms with Crippen LogP contribution in [0, 0.1) is 12.8 Å². The second kappa shape index (κ2) is 8.27. The Kier molecular flexibility index (Phi) is 5.11. The molecule has 0 atom stereocenters. The third-order valence-corrected chi connectivity index (χ3v) is 6.90. The van der Waals surface area contributed by atoms with Crippen molar-refractivity contribution >= 4 is 28.7 Å². The fraction of sp³-hybridized carbons (Fsp3) is 0.348. The average Bonchev–Trinajstić information content (AvgIpc) is 3.17. The van der Waals surface area contributed by atoms with Gasteiger partial charge in [0.2, 0.25) is 6.79 Å². The van der Waals surface area contributed by atoms with Gasteiger partial charge < -0.3 is 29.5 Å². The van der Waals surface area contributed by atoms with E-state index in [-0.39, 0.29) is 6.79 Å². The molecule has 9 nitrogen and oxygen atoms in total. The molecule has 0 amide bonds. The number of furan rings is 1. The highest BCUT2D eigenvalue weighted by Gasteiger charge is 2.24. The van der Waals surface area contributed by atoms with Crippen LogP contribution >= 0.6 is 11.8 Å². The van der Waals surface area contributed by atoms with Crippen molar-refractivity contribution in [2.24, 2.45) is 5.92 Å². The smallest absolute Gasteiger partial charge is 0.231 e. The van der Waals surface area contributed by atoms with Crippen molar-refractivity contribution in [3.63, 3.8) is 0 Å². The number of rotatable bonds is 8. The topological polar surface area (TPSA) is 113 Å². The van der Waals surface area contributed by atoms with Crippen LogP contribution in [0.2, 0.25) is 0 Å². The molecule has 1 fully saturated rings. The number of anilines is 1. The Labute approximate surface area is 194 Å². The summed E-state index contributed by atoms with van der Waals surface area (Å²) in [6.45, 7) is 4.74. The predicted octanol–water partition coefficient (Wildman–Crippen LogP) is 3.86. The van der Waals surface area contributed by atoms with E-state index < -0.39 is 0 Å². The molecule has 0 bridgehead atoms. The number of benzene rings is 1. The van der Waals surface area contributed by atoms with Gasteiger partial charge in [0, 0.05) is 23.5 Å². The molecule has 2 aliphatic rings. The minimum Gasteiger partial charge on any atom is -0.461 e. The number of hydrogen-bond acceptors (Lipinski definition) is 9. The van der Waals surface area contributed by atoms with Crippen molar-refractivity contribution in [1.82, 2.24) is 24.8 Å². The molecular weight excluding hydrogens is 440 g/mol. The van der Waals surface area contributed by atoms with E-state index in [4.69, 9.17) is 24.6 Å². The van der Waals surface area contributed by atoms with E-state index in [9.17, 15) is 0 Å². The van der Waals surface area contributed by atoms with Crippen molar-refractivity contribution in [2.45, 2.75) is 36.4 Å². The number of nitrogens with two attached hydrogens (primary N) is 1. The molecular formula is C23H24N6O3S. The van der Waals surface area contributed by atoms with Gasteiger partial charge in [0.15, 0.2) is 33.6 Å². The highest BCUT2D eigenvalue weighted by Crippen LogP contribution is 2.45. The molecule has 3 N–H and O–H groups in total. The summed E-state index contributed by atoms with van der Waals surface area (Å²) in [6, 6.07) is 7.85. The Morgan fingerprint density at radius 2 is 2.03 bits per heavy atom. The second-order valence-electron chi connectivity index (χ2n) is 8.34. The fourth-order valence-electron chi connectivity index (χ4n) is 3.91.